The molecule has 1 aliphatic rings. The summed E-state index contributed by atoms with van der Waals surface area (Å²) >= 11 is 0. The predicted octanol–water partition coefficient (Wildman–Crippen LogP) is 2.30. The number of amides is 1. The van der Waals surface area contributed by atoms with E-state index in [9.17, 15) is 4.79 Å². The van der Waals surface area contributed by atoms with E-state index in [0.717, 1.165) is 30.6 Å². The van der Waals surface area contributed by atoms with Crippen LogP contribution in [0.5, 0.6) is 0 Å². The molecule has 1 unspecified atom stereocenters. The molecule has 4 heteroatoms. The van der Waals surface area contributed by atoms with Gasteiger partial charge in [0, 0.05) is 5.69 Å². The summed E-state index contributed by atoms with van der Waals surface area (Å²) < 4.78 is 5.56. The van der Waals surface area contributed by atoms with Crippen LogP contribution in [0.15, 0.2) is 24.3 Å². The first-order chi connectivity index (χ1) is 9.15. The highest BCUT2D eigenvalue weighted by atomic mass is 16.5. The average Bonchev–Trinajstić information content (AvgIpc) is 2.91. The van der Waals surface area contributed by atoms with Crippen LogP contribution < -0.4 is 10.6 Å². The third kappa shape index (κ3) is 4.33. The third-order valence-corrected chi connectivity index (χ3v) is 3.15. The number of carbonyl (C=O) groups excluding carboxylic acids is 1. The fourth-order valence-electron chi connectivity index (χ4n) is 2.14. The minimum Gasteiger partial charge on any atom is -0.374 e. The summed E-state index contributed by atoms with van der Waals surface area (Å²) in [6.45, 7) is 5.53. The maximum atomic E-state index is 12.0. The first-order valence-corrected chi connectivity index (χ1v) is 6.90. The van der Waals surface area contributed by atoms with E-state index in [0.29, 0.717) is 6.61 Å². The van der Waals surface area contributed by atoms with Crippen LogP contribution in [0.2, 0.25) is 0 Å². The maximum Gasteiger partial charge on any atom is 0.241 e. The fraction of sp³-hybridized carbons (Fsp3) is 0.533. The Kier molecular flexibility index (Phi) is 4.93. The maximum absolute atomic E-state index is 12.0. The minimum atomic E-state index is -0.0458. The Labute approximate surface area is 114 Å². The summed E-state index contributed by atoms with van der Waals surface area (Å²) in [5, 5.41) is 6.15. The Morgan fingerprint density at radius 2 is 2.37 bits per heavy atom. The second kappa shape index (κ2) is 6.68. The van der Waals surface area contributed by atoms with Crippen molar-refractivity contribution in [2.24, 2.45) is 0 Å². The molecule has 0 spiro atoms. The molecule has 2 N–H and O–H groups in total. The zero-order valence-corrected chi connectivity index (χ0v) is 11.6. The summed E-state index contributed by atoms with van der Waals surface area (Å²) in [6.07, 6.45) is 2.20. The second-order valence-electron chi connectivity index (χ2n) is 5.20. The molecule has 104 valence electrons. The fourth-order valence-corrected chi connectivity index (χ4v) is 2.14. The van der Waals surface area contributed by atoms with Crippen molar-refractivity contribution in [3.05, 3.63) is 29.8 Å². The molecule has 1 aromatic carbocycles. The third-order valence-electron chi connectivity index (χ3n) is 3.15. The Hall–Kier alpha value is -1.39. The van der Waals surface area contributed by atoms with Crippen molar-refractivity contribution in [1.82, 2.24) is 5.32 Å². The van der Waals surface area contributed by atoms with Gasteiger partial charge in [-0.1, -0.05) is 12.1 Å². The van der Waals surface area contributed by atoms with Gasteiger partial charge in [-0.05, 0) is 50.9 Å². The molecular weight excluding hydrogens is 240 g/mol. The summed E-state index contributed by atoms with van der Waals surface area (Å²) in [5.74, 6) is 0.0550. The van der Waals surface area contributed by atoms with Gasteiger partial charge in [0.05, 0.1) is 18.8 Å². The summed E-state index contributed by atoms with van der Waals surface area (Å²) in [6, 6.07) is 7.78. The van der Waals surface area contributed by atoms with E-state index < -0.39 is 0 Å². The smallest absolute Gasteiger partial charge is 0.241 e. The number of rotatable bonds is 5. The van der Waals surface area contributed by atoms with Crippen LogP contribution in [0.1, 0.15) is 32.3 Å². The largest absolute Gasteiger partial charge is 0.374 e. The molecule has 1 atom stereocenters. The molecule has 0 saturated carbocycles. The molecular formula is C15H22N2O2. The van der Waals surface area contributed by atoms with Crippen LogP contribution >= 0.6 is 0 Å². The van der Waals surface area contributed by atoms with Crippen LogP contribution in [0.4, 0.5) is 5.69 Å². The van der Waals surface area contributed by atoms with Gasteiger partial charge in [0.2, 0.25) is 5.91 Å². The highest BCUT2D eigenvalue weighted by molar-refractivity contribution is 5.95. The first kappa shape index (κ1) is 14.0. The molecule has 1 saturated heterocycles. The summed E-state index contributed by atoms with van der Waals surface area (Å²) in [7, 11) is 0. The first-order valence-electron chi connectivity index (χ1n) is 6.90. The zero-order valence-electron chi connectivity index (χ0n) is 11.6. The molecule has 4 nitrogen and oxygen atoms in total. The number of hydrogen-bond donors (Lipinski definition) is 2. The molecule has 1 aliphatic heterocycles. The van der Waals surface area contributed by atoms with E-state index in [1.54, 1.807) is 0 Å². The lowest BCUT2D eigenvalue weighted by molar-refractivity contribution is -0.117. The molecule has 1 amide bonds. The lowest BCUT2D eigenvalue weighted by atomic mass is 10.2. The van der Waals surface area contributed by atoms with Crippen molar-refractivity contribution in [3.63, 3.8) is 0 Å². The molecule has 0 radical (unpaired) electrons. The number of ether oxygens (including phenoxy) is 1. The quantitative estimate of drug-likeness (QED) is 0.856. The topological polar surface area (TPSA) is 50.4 Å². The molecule has 19 heavy (non-hydrogen) atoms. The molecule has 0 aliphatic carbocycles. The van der Waals surface area contributed by atoms with Crippen LogP contribution in [-0.2, 0) is 16.1 Å². The number of hydrogen-bond acceptors (Lipinski definition) is 3. The van der Waals surface area contributed by atoms with Gasteiger partial charge < -0.3 is 15.4 Å². The highest BCUT2D eigenvalue weighted by Crippen LogP contribution is 2.14. The van der Waals surface area contributed by atoms with E-state index in [4.69, 9.17) is 4.74 Å². The van der Waals surface area contributed by atoms with Gasteiger partial charge in [0.1, 0.15) is 0 Å². The van der Waals surface area contributed by atoms with E-state index in [1.807, 2.05) is 38.1 Å². The minimum absolute atomic E-state index is 0.0458. The van der Waals surface area contributed by atoms with E-state index in [1.165, 1.54) is 0 Å². The summed E-state index contributed by atoms with van der Waals surface area (Å²) in [4.78, 5) is 12.0. The molecule has 1 fully saturated rings. The van der Waals surface area contributed by atoms with Gasteiger partial charge in [-0.3, -0.25) is 4.79 Å². The molecule has 1 aromatic rings. The van der Waals surface area contributed by atoms with Gasteiger partial charge in [-0.2, -0.15) is 0 Å². The normalized spacial score (nSPS) is 18.8. The highest BCUT2D eigenvalue weighted by Gasteiger charge is 2.21. The van der Waals surface area contributed by atoms with Gasteiger partial charge in [0.25, 0.3) is 0 Å². The summed E-state index contributed by atoms with van der Waals surface area (Å²) in [5.41, 5.74) is 1.91. The lowest BCUT2D eigenvalue weighted by Gasteiger charge is -2.12. The molecule has 1 heterocycles. The predicted molar refractivity (Wildman–Crippen MR) is 76.0 cm³/mol. The average molecular weight is 262 g/mol. The SMILES string of the molecule is CC(C)OCc1cccc(NC(=O)C2CCCN2)c1. The Morgan fingerprint density at radius 3 is 3.05 bits per heavy atom. The van der Waals surface area contributed by atoms with E-state index in [-0.39, 0.29) is 18.1 Å². The van der Waals surface area contributed by atoms with Crippen molar-refractivity contribution in [2.75, 3.05) is 11.9 Å². The van der Waals surface area contributed by atoms with Crippen molar-refractivity contribution < 1.29 is 9.53 Å². The van der Waals surface area contributed by atoms with Gasteiger partial charge in [0.15, 0.2) is 0 Å². The van der Waals surface area contributed by atoms with Crippen molar-refractivity contribution in [3.8, 4) is 0 Å². The second-order valence-corrected chi connectivity index (χ2v) is 5.20. The van der Waals surface area contributed by atoms with Gasteiger partial charge in [-0.15, -0.1) is 0 Å². The van der Waals surface area contributed by atoms with Crippen LogP contribution in [-0.4, -0.2) is 24.6 Å². The van der Waals surface area contributed by atoms with Crippen LogP contribution in [0, 0.1) is 0 Å². The number of nitrogens with one attached hydrogen (secondary N) is 2. The van der Waals surface area contributed by atoms with Crippen molar-refractivity contribution in [2.45, 2.75) is 45.4 Å². The standard InChI is InChI=1S/C15H22N2O2/c1-11(2)19-10-12-5-3-6-13(9-12)17-15(18)14-7-4-8-16-14/h3,5-6,9,11,14,16H,4,7-8,10H2,1-2H3,(H,17,18). The van der Waals surface area contributed by atoms with E-state index in [2.05, 4.69) is 10.6 Å². The molecule has 0 bridgehead atoms. The Bertz CT molecular complexity index is 426. The van der Waals surface area contributed by atoms with Gasteiger partial charge in [-0.25, -0.2) is 0 Å². The number of anilines is 1. The Morgan fingerprint density at radius 1 is 1.53 bits per heavy atom. The van der Waals surface area contributed by atoms with Crippen LogP contribution in [0.3, 0.4) is 0 Å². The van der Waals surface area contributed by atoms with Crippen molar-refractivity contribution >= 4 is 11.6 Å². The van der Waals surface area contributed by atoms with Gasteiger partial charge >= 0.3 is 0 Å². The molecule has 0 aromatic heterocycles. The van der Waals surface area contributed by atoms with Crippen LogP contribution in [0.25, 0.3) is 0 Å². The van der Waals surface area contributed by atoms with Crippen molar-refractivity contribution in [1.29, 1.82) is 0 Å². The molecule has 2 rings (SSSR count). The number of carbonyl (C=O) groups is 1. The Balaban J connectivity index is 1.92. The van der Waals surface area contributed by atoms with E-state index >= 15 is 0 Å². The monoisotopic (exact) mass is 262 g/mol. The lowest BCUT2D eigenvalue weighted by Crippen LogP contribution is -2.35. The number of benzene rings is 1. The zero-order chi connectivity index (χ0) is 13.7.